The summed E-state index contributed by atoms with van der Waals surface area (Å²) in [5.74, 6) is -1.16. The molecular formula is C19H24F2O2. The van der Waals surface area contributed by atoms with Crippen LogP contribution in [0.5, 0.6) is 11.5 Å². The molecule has 0 heterocycles. The maximum Gasteiger partial charge on any atom is 0.204 e. The molecule has 0 aromatic heterocycles. The fourth-order valence-electron chi connectivity index (χ4n) is 2.77. The van der Waals surface area contributed by atoms with Gasteiger partial charge in [0.15, 0.2) is 11.5 Å². The van der Waals surface area contributed by atoms with E-state index in [9.17, 15) is 8.78 Å². The highest BCUT2D eigenvalue weighted by molar-refractivity contribution is 5.35. The molecule has 1 saturated carbocycles. The van der Waals surface area contributed by atoms with Crippen molar-refractivity contribution in [2.75, 3.05) is 13.2 Å². The molecule has 0 radical (unpaired) electrons. The van der Waals surface area contributed by atoms with Crippen LogP contribution in [0.4, 0.5) is 8.78 Å². The Kier molecular flexibility index (Phi) is 6.63. The van der Waals surface area contributed by atoms with E-state index < -0.39 is 11.6 Å². The van der Waals surface area contributed by atoms with E-state index in [0.29, 0.717) is 18.4 Å². The van der Waals surface area contributed by atoms with Gasteiger partial charge in [0, 0.05) is 0 Å². The molecule has 0 amide bonds. The van der Waals surface area contributed by atoms with E-state index >= 15 is 0 Å². The molecule has 23 heavy (non-hydrogen) atoms. The lowest BCUT2D eigenvalue weighted by molar-refractivity contribution is 0.187. The fraction of sp³-hybridized carbons (Fsp3) is 0.474. The molecule has 0 spiro atoms. The minimum atomic E-state index is -0.998. The monoisotopic (exact) mass is 322 g/mol. The summed E-state index contributed by atoms with van der Waals surface area (Å²) in [5, 5.41) is 0. The maximum absolute atomic E-state index is 14.0. The van der Waals surface area contributed by atoms with Gasteiger partial charge in [-0.1, -0.05) is 18.2 Å². The van der Waals surface area contributed by atoms with Crippen LogP contribution in [-0.2, 0) is 0 Å². The normalized spacial score (nSPS) is 21.3. The largest absolute Gasteiger partial charge is 0.490 e. The Morgan fingerprint density at radius 3 is 2.26 bits per heavy atom. The Labute approximate surface area is 136 Å². The van der Waals surface area contributed by atoms with E-state index in [4.69, 9.17) is 9.47 Å². The first-order valence-electron chi connectivity index (χ1n) is 8.13. The molecule has 1 fully saturated rings. The van der Waals surface area contributed by atoms with Crippen molar-refractivity contribution >= 4 is 0 Å². The number of benzene rings is 1. The second kappa shape index (κ2) is 8.70. The first-order valence-corrected chi connectivity index (χ1v) is 8.13. The van der Waals surface area contributed by atoms with Crippen molar-refractivity contribution in [2.24, 2.45) is 11.8 Å². The maximum atomic E-state index is 14.0. The zero-order valence-corrected chi connectivity index (χ0v) is 13.6. The van der Waals surface area contributed by atoms with Gasteiger partial charge in [-0.25, -0.2) is 0 Å². The first-order chi connectivity index (χ1) is 11.2. The Morgan fingerprint density at radius 2 is 1.70 bits per heavy atom. The Bertz CT molecular complexity index is 547. The van der Waals surface area contributed by atoms with Gasteiger partial charge in [-0.15, -0.1) is 6.58 Å². The summed E-state index contributed by atoms with van der Waals surface area (Å²) in [6, 6.07) is 2.84. The van der Waals surface area contributed by atoms with Crippen molar-refractivity contribution in [1.82, 2.24) is 0 Å². The highest BCUT2D eigenvalue weighted by atomic mass is 19.2. The Hall–Kier alpha value is -1.84. The minimum absolute atomic E-state index is 0.0493. The average Bonchev–Trinajstić information content (AvgIpc) is 2.58. The predicted molar refractivity (Wildman–Crippen MR) is 87.8 cm³/mol. The third-order valence-corrected chi connectivity index (χ3v) is 4.28. The molecule has 1 aromatic carbocycles. The molecule has 2 rings (SSSR count). The Balaban J connectivity index is 1.90. The van der Waals surface area contributed by atoms with E-state index in [2.05, 4.69) is 6.58 Å². The number of hydrogen-bond acceptors (Lipinski definition) is 2. The van der Waals surface area contributed by atoms with Crippen LogP contribution in [0.25, 0.3) is 0 Å². The van der Waals surface area contributed by atoms with Crippen LogP contribution < -0.4 is 9.47 Å². The molecule has 0 atom stereocenters. The van der Waals surface area contributed by atoms with Gasteiger partial charge in [0.05, 0.1) is 6.61 Å². The standard InChI is InChI=1S/C19H24F2O2/c1-3-5-12-22-16-10-11-17(19(21)18(16)20)23-13-15-8-6-14(4-2)7-9-15/h3-5,10-11,14-15H,2,6-9,12-13H2,1H3/b5-3+. The van der Waals surface area contributed by atoms with Crippen LogP contribution in [0.3, 0.4) is 0 Å². The van der Waals surface area contributed by atoms with Crippen LogP contribution in [0, 0.1) is 23.5 Å². The summed E-state index contributed by atoms with van der Waals surface area (Å²) in [6.45, 7) is 6.28. The second-order valence-electron chi connectivity index (χ2n) is 5.90. The van der Waals surface area contributed by atoms with Crippen LogP contribution in [0.2, 0.25) is 0 Å². The SMILES string of the molecule is C=CC1CCC(COc2ccc(OC/C=C/C)c(F)c2F)CC1. The number of allylic oxidation sites excluding steroid dienone is 2. The third-order valence-electron chi connectivity index (χ3n) is 4.28. The summed E-state index contributed by atoms with van der Waals surface area (Å²) in [4.78, 5) is 0. The molecule has 1 aliphatic rings. The van der Waals surface area contributed by atoms with Gasteiger partial charge in [0.25, 0.3) is 0 Å². The van der Waals surface area contributed by atoms with Crippen molar-refractivity contribution in [3.8, 4) is 11.5 Å². The molecule has 1 aliphatic carbocycles. The average molecular weight is 322 g/mol. The van der Waals surface area contributed by atoms with Gasteiger partial charge in [-0.05, 0) is 56.6 Å². The summed E-state index contributed by atoms with van der Waals surface area (Å²) < 4.78 is 38.6. The van der Waals surface area contributed by atoms with Gasteiger partial charge in [0.2, 0.25) is 11.6 Å². The lowest BCUT2D eigenvalue weighted by atomic mass is 9.82. The van der Waals surface area contributed by atoms with Crippen molar-refractivity contribution < 1.29 is 18.3 Å². The summed E-state index contributed by atoms with van der Waals surface area (Å²) in [7, 11) is 0. The van der Waals surface area contributed by atoms with Crippen LogP contribution >= 0.6 is 0 Å². The van der Waals surface area contributed by atoms with Crippen molar-refractivity contribution in [3.63, 3.8) is 0 Å². The first kappa shape index (κ1) is 17.5. The van der Waals surface area contributed by atoms with Crippen molar-refractivity contribution in [1.29, 1.82) is 0 Å². The van der Waals surface area contributed by atoms with E-state index in [-0.39, 0.29) is 18.1 Å². The molecule has 126 valence electrons. The van der Waals surface area contributed by atoms with Gasteiger partial charge in [-0.3, -0.25) is 0 Å². The summed E-state index contributed by atoms with van der Waals surface area (Å²) >= 11 is 0. The van der Waals surface area contributed by atoms with E-state index in [1.54, 1.807) is 12.2 Å². The van der Waals surface area contributed by atoms with Crippen molar-refractivity contribution in [2.45, 2.75) is 32.6 Å². The van der Waals surface area contributed by atoms with E-state index in [0.717, 1.165) is 25.7 Å². The van der Waals surface area contributed by atoms with Crippen molar-refractivity contribution in [3.05, 3.63) is 48.6 Å². The quantitative estimate of drug-likeness (QED) is 0.635. The van der Waals surface area contributed by atoms with Gasteiger partial charge in [0.1, 0.15) is 6.61 Å². The molecule has 4 heteroatoms. The van der Waals surface area contributed by atoms with Gasteiger partial charge >= 0.3 is 0 Å². The second-order valence-corrected chi connectivity index (χ2v) is 5.90. The highest BCUT2D eigenvalue weighted by Gasteiger charge is 2.21. The number of hydrogen-bond donors (Lipinski definition) is 0. The van der Waals surface area contributed by atoms with Crippen LogP contribution in [0.15, 0.2) is 36.9 Å². The molecule has 0 bridgehead atoms. The van der Waals surface area contributed by atoms with E-state index in [1.807, 2.05) is 13.0 Å². The van der Waals surface area contributed by atoms with Crippen LogP contribution in [0.1, 0.15) is 32.6 Å². The zero-order valence-electron chi connectivity index (χ0n) is 13.6. The predicted octanol–water partition coefficient (Wildman–Crippen LogP) is 5.29. The zero-order chi connectivity index (χ0) is 16.7. The lowest BCUT2D eigenvalue weighted by Gasteiger charge is -2.26. The lowest BCUT2D eigenvalue weighted by Crippen LogP contribution is -2.19. The van der Waals surface area contributed by atoms with E-state index in [1.165, 1.54) is 12.1 Å². The Morgan fingerprint density at radius 1 is 1.09 bits per heavy atom. The highest BCUT2D eigenvalue weighted by Crippen LogP contribution is 2.31. The molecule has 2 nitrogen and oxygen atoms in total. The summed E-state index contributed by atoms with van der Waals surface area (Å²) in [5.41, 5.74) is 0. The number of halogens is 2. The molecule has 0 unspecified atom stereocenters. The molecule has 1 aromatic rings. The smallest absolute Gasteiger partial charge is 0.204 e. The molecular weight excluding hydrogens is 298 g/mol. The number of ether oxygens (including phenoxy) is 2. The molecule has 0 saturated heterocycles. The van der Waals surface area contributed by atoms with Crippen LogP contribution in [-0.4, -0.2) is 13.2 Å². The van der Waals surface area contributed by atoms with Gasteiger partial charge < -0.3 is 9.47 Å². The van der Waals surface area contributed by atoms with Gasteiger partial charge in [-0.2, -0.15) is 8.78 Å². The topological polar surface area (TPSA) is 18.5 Å². The third kappa shape index (κ3) is 4.81. The molecule has 0 N–H and O–H groups in total. The summed E-state index contributed by atoms with van der Waals surface area (Å²) in [6.07, 6.45) is 9.75. The fourth-order valence-corrected chi connectivity index (χ4v) is 2.77. The minimum Gasteiger partial charge on any atom is -0.490 e. The number of rotatable bonds is 7. The molecule has 0 aliphatic heterocycles.